The maximum absolute atomic E-state index is 6.26. The van der Waals surface area contributed by atoms with Crippen LogP contribution in [-0.2, 0) is 0 Å². The van der Waals surface area contributed by atoms with Crippen LogP contribution < -0.4 is 0 Å². The van der Waals surface area contributed by atoms with Crippen molar-refractivity contribution in [1.82, 2.24) is 24.9 Å². The van der Waals surface area contributed by atoms with Gasteiger partial charge in [0.25, 0.3) is 0 Å². The lowest BCUT2D eigenvalue weighted by Gasteiger charge is -1.92. The van der Waals surface area contributed by atoms with Gasteiger partial charge in [0.1, 0.15) is 5.52 Å². The fourth-order valence-corrected chi connectivity index (χ4v) is 3.53. The van der Waals surface area contributed by atoms with Crippen molar-refractivity contribution >= 4 is 44.3 Å². The zero-order chi connectivity index (χ0) is 17.2. The highest BCUT2D eigenvalue weighted by molar-refractivity contribution is 7.21. The van der Waals surface area contributed by atoms with E-state index in [1.165, 1.54) is 0 Å². The van der Waals surface area contributed by atoms with Crippen LogP contribution in [0.15, 0.2) is 24.3 Å². The number of nitrogens with one attached hydrogen (secondary N) is 1. The minimum atomic E-state index is 0.299. The Hall–Kier alpha value is -2.49. The van der Waals surface area contributed by atoms with E-state index in [9.17, 15) is 0 Å². The molecular formula is C18H14ClN5S. The Morgan fingerprint density at radius 3 is 2.88 bits per heavy atom. The van der Waals surface area contributed by atoms with Crippen LogP contribution in [0.1, 0.15) is 32.0 Å². The van der Waals surface area contributed by atoms with Gasteiger partial charge in [0, 0.05) is 6.42 Å². The molecule has 0 unspecified atom stereocenters. The number of fused-ring (bicyclic) bond motifs is 2. The number of hydrogen-bond donors (Lipinski definition) is 1. The number of imidazole rings is 1. The Bertz CT molecular complexity index is 1090. The molecule has 7 heteroatoms. The van der Waals surface area contributed by atoms with Gasteiger partial charge in [0.05, 0.1) is 10.2 Å². The maximum atomic E-state index is 6.26. The second kappa shape index (κ2) is 6.79. The molecule has 0 radical (unpaired) electrons. The van der Waals surface area contributed by atoms with Gasteiger partial charge in [-0.2, -0.15) is 0 Å². The average molecular weight is 368 g/mol. The van der Waals surface area contributed by atoms with Gasteiger partial charge in [0.2, 0.25) is 5.82 Å². The first kappa shape index (κ1) is 16.0. The summed E-state index contributed by atoms with van der Waals surface area (Å²) in [5.41, 5.74) is 2.06. The highest BCUT2D eigenvalue weighted by Crippen LogP contribution is 2.30. The monoisotopic (exact) mass is 367 g/mol. The summed E-state index contributed by atoms with van der Waals surface area (Å²) < 4.78 is 1.11. The van der Waals surface area contributed by atoms with E-state index in [2.05, 4.69) is 43.7 Å². The number of rotatable bonds is 3. The molecule has 0 bridgehead atoms. The van der Waals surface area contributed by atoms with Gasteiger partial charge in [-0.25, -0.2) is 19.9 Å². The van der Waals surface area contributed by atoms with Crippen LogP contribution in [-0.4, -0.2) is 24.9 Å². The van der Waals surface area contributed by atoms with Gasteiger partial charge in [-0.05, 0) is 24.5 Å². The lowest BCUT2D eigenvalue weighted by atomic mass is 10.2. The summed E-state index contributed by atoms with van der Waals surface area (Å²) in [6.45, 7) is 2.13. The number of para-hydroxylation sites is 1. The minimum absolute atomic E-state index is 0.299. The van der Waals surface area contributed by atoms with Crippen LogP contribution in [0, 0.1) is 11.8 Å². The Balaban J connectivity index is 1.74. The zero-order valence-corrected chi connectivity index (χ0v) is 15.1. The van der Waals surface area contributed by atoms with E-state index in [0.29, 0.717) is 28.0 Å². The van der Waals surface area contributed by atoms with Gasteiger partial charge in [-0.3, -0.25) is 0 Å². The van der Waals surface area contributed by atoms with E-state index in [4.69, 9.17) is 11.6 Å². The van der Waals surface area contributed by atoms with Crippen molar-refractivity contribution in [2.24, 2.45) is 0 Å². The molecule has 0 saturated carbocycles. The fourth-order valence-electron chi connectivity index (χ4n) is 2.40. The van der Waals surface area contributed by atoms with E-state index in [1.54, 1.807) is 11.3 Å². The summed E-state index contributed by atoms with van der Waals surface area (Å²) in [4.78, 5) is 21.0. The van der Waals surface area contributed by atoms with E-state index in [0.717, 1.165) is 34.5 Å². The molecule has 1 aromatic carbocycles. The van der Waals surface area contributed by atoms with Crippen molar-refractivity contribution in [1.29, 1.82) is 0 Å². The second-order valence-corrected chi connectivity index (χ2v) is 6.90. The number of hydrogen-bond acceptors (Lipinski definition) is 5. The first-order valence-electron chi connectivity index (χ1n) is 8.02. The summed E-state index contributed by atoms with van der Waals surface area (Å²) in [7, 11) is 0. The Morgan fingerprint density at radius 2 is 2.04 bits per heavy atom. The van der Waals surface area contributed by atoms with Gasteiger partial charge < -0.3 is 4.98 Å². The third kappa shape index (κ3) is 3.21. The van der Waals surface area contributed by atoms with Crippen LogP contribution in [0.2, 0.25) is 5.15 Å². The van der Waals surface area contributed by atoms with Crippen LogP contribution in [0.3, 0.4) is 0 Å². The molecule has 4 aromatic rings. The third-order valence-electron chi connectivity index (χ3n) is 3.65. The summed E-state index contributed by atoms with van der Waals surface area (Å²) >= 11 is 7.83. The van der Waals surface area contributed by atoms with Crippen molar-refractivity contribution in [3.05, 3.63) is 35.2 Å². The molecule has 0 atom stereocenters. The van der Waals surface area contributed by atoms with Gasteiger partial charge >= 0.3 is 0 Å². The number of aromatic nitrogens is 5. The number of halogens is 1. The summed E-state index contributed by atoms with van der Waals surface area (Å²) in [5, 5.41) is 1.10. The number of benzene rings is 1. The molecule has 0 amide bonds. The molecule has 0 aliphatic heterocycles. The van der Waals surface area contributed by atoms with Crippen LogP contribution in [0.25, 0.3) is 32.2 Å². The first-order chi connectivity index (χ1) is 12.2. The highest BCUT2D eigenvalue weighted by atomic mass is 35.5. The van der Waals surface area contributed by atoms with Gasteiger partial charge in [-0.15, -0.1) is 11.3 Å². The largest absolute Gasteiger partial charge is 0.320 e. The topological polar surface area (TPSA) is 67.3 Å². The van der Waals surface area contributed by atoms with E-state index >= 15 is 0 Å². The predicted molar refractivity (Wildman–Crippen MR) is 102 cm³/mol. The maximum Gasteiger partial charge on any atom is 0.208 e. The van der Waals surface area contributed by atoms with E-state index in [1.807, 2.05) is 24.3 Å². The normalized spacial score (nSPS) is 11.0. The van der Waals surface area contributed by atoms with Crippen LogP contribution in [0.5, 0.6) is 0 Å². The molecule has 25 heavy (non-hydrogen) atoms. The van der Waals surface area contributed by atoms with Crippen molar-refractivity contribution < 1.29 is 0 Å². The van der Waals surface area contributed by atoms with Crippen LogP contribution in [0.4, 0.5) is 0 Å². The Morgan fingerprint density at radius 1 is 1.16 bits per heavy atom. The van der Waals surface area contributed by atoms with E-state index in [-0.39, 0.29) is 0 Å². The quantitative estimate of drug-likeness (QED) is 0.320. The first-order valence-corrected chi connectivity index (χ1v) is 9.22. The van der Waals surface area contributed by atoms with Gasteiger partial charge in [-0.1, -0.05) is 43.0 Å². The van der Waals surface area contributed by atoms with Crippen molar-refractivity contribution in [2.45, 2.75) is 26.2 Å². The number of aromatic amines is 1. The number of nitrogens with zero attached hydrogens (tertiary/aromatic N) is 4. The summed E-state index contributed by atoms with van der Waals surface area (Å²) in [6.07, 6.45) is 3.01. The SMILES string of the molecule is CCCCC#Cc1nc(Cl)c2nc(-c3nc4ccccc4s3)[nH]c2n1. The third-order valence-corrected chi connectivity index (χ3v) is 4.96. The minimum Gasteiger partial charge on any atom is -0.320 e. The fraction of sp³-hybridized carbons (Fsp3) is 0.222. The summed E-state index contributed by atoms with van der Waals surface area (Å²) in [6, 6.07) is 7.98. The van der Waals surface area contributed by atoms with Crippen molar-refractivity contribution in [3.8, 4) is 22.7 Å². The molecule has 5 nitrogen and oxygen atoms in total. The van der Waals surface area contributed by atoms with E-state index < -0.39 is 0 Å². The molecule has 1 N–H and O–H groups in total. The molecule has 0 fully saturated rings. The molecule has 0 saturated heterocycles. The molecule has 0 aliphatic carbocycles. The molecule has 3 aromatic heterocycles. The van der Waals surface area contributed by atoms with Crippen LogP contribution >= 0.6 is 22.9 Å². The highest BCUT2D eigenvalue weighted by Gasteiger charge is 2.14. The standard InChI is InChI=1S/C18H14ClN5S/c1-2-3-4-5-10-13-21-15(19)14-16(22-13)24-17(23-14)18-20-11-8-6-7-9-12(11)25-18/h6-9H,2-4H2,1H3,(H,21,22,23,24). The molecule has 3 heterocycles. The molecule has 4 rings (SSSR count). The smallest absolute Gasteiger partial charge is 0.208 e. The Kier molecular flexibility index (Phi) is 4.35. The molecular weight excluding hydrogens is 354 g/mol. The summed E-state index contributed by atoms with van der Waals surface area (Å²) in [5.74, 6) is 7.09. The number of thiazole rings is 1. The molecule has 0 aliphatic rings. The average Bonchev–Trinajstić information content (AvgIpc) is 3.22. The number of H-pyrrole nitrogens is 1. The number of unbranched alkanes of at least 4 members (excludes halogenated alkanes) is 2. The molecule has 0 spiro atoms. The second-order valence-electron chi connectivity index (χ2n) is 5.51. The zero-order valence-electron chi connectivity index (χ0n) is 13.5. The predicted octanol–water partition coefficient (Wildman–Crippen LogP) is 4.82. The van der Waals surface area contributed by atoms with Crippen molar-refractivity contribution in [3.63, 3.8) is 0 Å². The van der Waals surface area contributed by atoms with Crippen molar-refractivity contribution in [2.75, 3.05) is 0 Å². The Labute approximate surface area is 153 Å². The van der Waals surface area contributed by atoms with Gasteiger partial charge in [0.15, 0.2) is 21.6 Å². The lowest BCUT2D eigenvalue weighted by Crippen LogP contribution is -1.91. The molecule has 124 valence electrons. The lowest BCUT2D eigenvalue weighted by molar-refractivity contribution is 0.828.